The molecule has 2 aromatic carbocycles. The first-order chi connectivity index (χ1) is 10.4. The summed E-state index contributed by atoms with van der Waals surface area (Å²) in [7, 11) is 0. The summed E-state index contributed by atoms with van der Waals surface area (Å²) in [5, 5.41) is 10.2. The molecule has 3 rings (SSSR count). The fraction of sp³-hybridized carbons (Fsp3) is 0.188. The smallest absolute Gasteiger partial charge is 0.369 e. The Balaban J connectivity index is 1.88. The molecule has 1 heterocycles. The van der Waals surface area contributed by atoms with E-state index in [1.807, 2.05) is 0 Å². The third-order valence-electron chi connectivity index (χ3n) is 3.63. The average molecular weight is 307 g/mol. The van der Waals surface area contributed by atoms with Gasteiger partial charge in [-0.25, -0.2) is 0 Å². The molecule has 1 aliphatic rings. The molecular weight excluding hydrogens is 295 g/mol. The second-order valence-corrected chi connectivity index (χ2v) is 5.09. The molecule has 1 amide bonds. The maximum Gasteiger partial charge on any atom is 0.416 e. The van der Waals surface area contributed by atoms with Crippen molar-refractivity contribution < 1.29 is 23.1 Å². The van der Waals surface area contributed by atoms with Gasteiger partial charge in [-0.15, -0.1) is 0 Å². The molecule has 0 bridgehead atoms. The number of aliphatic hydroxyl groups excluding tert-OH is 1. The predicted octanol–water partition coefficient (Wildman–Crippen LogP) is 3.35. The molecule has 0 aliphatic carbocycles. The number of carbonyl (C=O) groups excluding carboxylic acids is 1. The van der Waals surface area contributed by atoms with E-state index >= 15 is 0 Å². The summed E-state index contributed by atoms with van der Waals surface area (Å²) in [6, 6.07) is 11.3. The molecule has 114 valence electrons. The van der Waals surface area contributed by atoms with Crippen LogP contribution in [-0.4, -0.2) is 15.9 Å². The number of hydrogen-bond donors (Lipinski definition) is 1. The van der Waals surface area contributed by atoms with Crippen LogP contribution in [-0.2, 0) is 12.7 Å². The lowest BCUT2D eigenvalue weighted by Gasteiger charge is -2.21. The highest BCUT2D eigenvalue weighted by atomic mass is 19.4. The van der Waals surface area contributed by atoms with Gasteiger partial charge in [0.05, 0.1) is 5.56 Å². The van der Waals surface area contributed by atoms with Crippen molar-refractivity contribution in [2.24, 2.45) is 0 Å². The van der Waals surface area contributed by atoms with E-state index in [1.165, 1.54) is 12.1 Å². The van der Waals surface area contributed by atoms with Crippen LogP contribution in [0.3, 0.4) is 0 Å². The molecule has 0 spiro atoms. The van der Waals surface area contributed by atoms with E-state index in [9.17, 15) is 23.1 Å². The van der Waals surface area contributed by atoms with Crippen molar-refractivity contribution in [2.75, 3.05) is 0 Å². The van der Waals surface area contributed by atoms with E-state index in [0.717, 1.165) is 17.0 Å². The van der Waals surface area contributed by atoms with Crippen molar-refractivity contribution in [1.82, 2.24) is 4.90 Å². The molecule has 0 saturated carbocycles. The van der Waals surface area contributed by atoms with Crippen LogP contribution >= 0.6 is 0 Å². The van der Waals surface area contributed by atoms with E-state index in [-0.39, 0.29) is 12.5 Å². The zero-order valence-corrected chi connectivity index (χ0v) is 11.3. The molecule has 0 fully saturated rings. The number of hydrogen-bond acceptors (Lipinski definition) is 2. The molecule has 1 unspecified atom stereocenters. The van der Waals surface area contributed by atoms with E-state index in [4.69, 9.17) is 0 Å². The van der Waals surface area contributed by atoms with Crippen LogP contribution in [0.4, 0.5) is 13.2 Å². The Hall–Kier alpha value is -2.34. The summed E-state index contributed by atoms with van der Waals surface area (Å²) >= 11 is 0. The fourth-order valence-electron chi connectivity index (χ4n) is 2.55. The lowest BCUT2D eigenvalue weighted by atomic mass is 10.1. The molecule has 3 nitrogen and oxygen atoms in total. The molecule has 0 aromatic heterocycles. The largest absolute Gasteiger partial charge is 0.416 e. The minimum atomic E-state index is -4.44. The summed E-state index contributed by atoms with van der Waals surface area (Å²) in [4.78, 5) is 13.4. The van der Waals surface area contributed by atoms with Crippen LogP contribution in [0.1, 0.15) is 33.3 Å². The number of rotatable bonds is 2. The average Bonchev–Trinajstić information content (AvgIpc) is 2.72. The van der Waals surface area contributed by atoms with Gasteiger partial charge in [-0.05, 0) is 23.8 Å². The highest BCUT2D eigenvalue weighted by Gasteiger charge is 2.35. The number of carbonyl (C=O) groups is 1. The first kappa shape index (κ1) is 14.6. The van der Waals surface area contributed by atoms with Gasteiger partial charge >= 0.3 is 6.18 Å². The second kappa shape index (κ2) is 5.14. The second-order valence-electron chi connectivity index (χ2n) is 5.09. The standard InChI is InChI=1S/C16H12F3NO2/c17-16(18,19)11-5-3-4-10(8-11)9-20-14(21)12-6-1-2-7-13(12)15(20)22/h1-8,14,21H,9H2. The maximum absolute atomic E-state index is 12.7. The highest BCUT2D eigenvalue weighted by Crippen LogP contribution is 2.34. The van der Waals surface area contributed by atoms with Gasteiger partial charge in [0.25, 0.3) is 5.91 Å². The van der Waals surface area contributed by atoms with Crippen molar-refractivity contribution in [2.45, 2.75) is 18.9 Å². The Kier molecular flexibility index (Phi) is 3.41. The van der Waals surface area contributed by atoms with Crippen LogP contribution < -0.4 is 0 Å². The van der Waals surface area contributed by atoms with Crippen LogP contribution in [0, 0.1) is 0 Å². The van der Waals surface area contributed by atoms with Crippen molar-refractivity contribution >= 4 is 5.91 Å². The quantitative estimate of drug-likeness (QED) is 0.924. The Bertz CT molecular complexity index is 727. The molecular formula is C16H12F3NO2. The Morgan fingerprint density at radius 3 is 2.50 bits per heavy atom. The zero-order valence-electron chi connectivity index (χ0n) is 11.3. The lowest BCUT2D eigenvalue weighted by Crippen LogP contribution is -2.27. The fourth-order valence-corrected chi connectivity index (χ4v) is 2.55. The molecule has 1 aliphatic heterocycles. The Labute approximate surface area is 124 Å². The maximum atomic E-state index is 12.7. The van der Waals surface area contributed by atoms with Gasteiger partial charge in [0, 0.05) is 17.7 Å². The molecule has 0 saturated heterocycles. The zero-order chi connectivity index (χ0) is 15.9. The highest BCUT2D eigenvalue weighted by molar-refractivity contribution is 5.98. The molecule has 0 radical (unpaired) electrons. The Morgan fingerprint density at radius 1 is 1.09 bits per heavy atom. The van der Waals surface area contributed by atoms with Crippen molar-refractivity contribution in [3.8, 4) is 0 Å². The summed E-state index contributed by atoms with van der Waals surface area (Å²) in [6.07, 6.45) is -5.58. The van der Waals surface area contributed by atoms with Gasteiger partial charge < -0.3 is 10.0 Å². The molecule has 22 heavy (non-hydrogen) atoms. The normalized spacial score (nSPS) is 17.7. The molecule has 1 atom stereocenters. The number of alkyl halides is 3. The topological polar surface area (TPSA) is 40.5 Å². The summed E-state index contributed by atoms with van der Waals surface area (Å²) in [5.41, 5.74) is 0.389. The van der Waals surface area contributed by atoms with Crippen LogP contribution in [0.5, 0.6) is 0 Å². The van der Waals surface area contributed by atoms with Gasteiger partial charge in [0.15, 0.2) is 6.23 Å². The molecule has 1 N–H and O–H groups in total. The van der Waals surface area contributed by atoms with Crippen molar-refractivity contribution in [3.63, 3.8) is 0 Å². The number of halogens is 3. The van der Waals surface area contributed by atoms with E-state index in [1.54, 1.807) is 24.3 Å². The van der Waals surface area contributed by atoms with Gasteiger partial charge in [0.1, 0.15) is 0 Å². The minimum Gasteiger partial charge on any atom is -0.369 e. The minimum absolute atomic E-state index is 0.0847. The lowest BCUT2D eigenvalue weighted by molar-refractivity contribution is -0.137. The number of aliphatic hydroxyl groups is 1. The van der Waals surface area contributed by atoms with Crippen LogP contribution in [0.25, 0.3) is 0 Å². The monoisotopic (exact) mass is 307 g/mol. The summed E-state index contributed by atoms with van der Waals surface area (Å²) < 4.78 is 38.2. The number of nitrogens with zero attached hydrogens (tertiary/aromatic N) is 1. The summed E-state index contributed by atoms with van der Waals surface area (Å²) in [6.45, 7) is -0.0847. The van der Waals surface area contributed by atoms with Crippen molar-refractivity contribution in [1.29, 1.82) is 0 Å². The third-order valence-corrected chi connectivity index (χ3v) is 3.63. The number of benzene rings is 2. The van der Waals surface area contributed by atoms with Crippen LogP contribution in [0.2, 0.25) is 0 Å². The summed E-state index contributed by atoms with van der Waals surface area (Å²) in [5.74, 6) is -0.388. The van der Waals surface area contributed by atoms with E-state index in [2.05, 4.69) is 0 Å². The predicted molar refractivity (Wildman–Crippen MR) is 72.7 cm³/mol. The first-order valence-corrected chi connectivity index (χ1v) is 6.62. The van der Waals surface area contributed by atoms with Gasteiger partial charge in [-0.3, -0.25) is 4.79 Å². The van der Waals surface area contributed by atoms with E-state index in [0.29, 0.717) is 16.7 Å². The van der Waals surface area contributed by atoms with E-state index < -0.39 is 18.0 Å². The first-order valence-electron chi connectivity index (χ1n) is 6.62. The number of fused-ring (bicyclic) bond motifs is 1. The van der Waals surface area contributed by atoms with Gasteiger partial charge in [-0.1, -0.05) is 30.3 Å². The van der Waals surface area contributed by atoms with Gasteiger partial charge in [-0.2, -0.15) is 13.2 Å². The third kappa shape index (κ3) is 2.46. The van der Waals surface area contributed by atoms with Crippen molar-refractivity contribution in [3.05, 3.63) is 70.8 Å². The number of amides is 1. The molecule has 6 heteroatoms. The molecule has 2 aromatic rings. The Morgan fingerprint density at radius 2 is 1.82 bits per heavy atom. The SMILES string of the molecule is O=C1c2ccccc2C(O)N1Cc1cccc(C(F)(F)F)c1. The van der Waals surface area contributed by atoms with Crippen LogP contribution in [0.15, 0.2) is 48.5 Å². The van der Waals surface area contributed by atoms with Gasteiger partial charge in [0.2, 0.25) is 0 Å².